The first-order valence-electron chi connectivity index (χ1n) is 4.81. The van der Waals surface area contributed by atoms with Crippen LogP contribution in [0.2, 0.25) is 0 Å². The number of hydrogen-bond donors (Lipinski definition) is 3. The molecule has 4 unspecified atom stereocenters. The molecule has 1 aliphatic heterocycles. The molecule has 0 aliphatic carbocycles. The molecule has 0 spiro atoms. The summed E-state index contributed by atoms with van der Waals surface area (Å²) in [4.78, 5) is 0. The van der Waals surface area contributed by atoms with Crippen LogP contribution in [0.3, 0.4) is 0 Å². The minimum Gasteiger partial charge on any atom is -0.394 e. The number of aliphatic hydroxyl groups excluding tert-OH is 3. The van der Waals surface area contributed by atoms with Crippen molar-refractivity contribution in [3.8, 4) is 0 Å². The molecule has 16 heavy (non-hydrogen) atoms. The molecule has 1 fully saturated rings. The number of ether oxygens (including phenoxy) is 1. The van der Waals surface area contributed by atoms with Gasteiger partial charge in [0.05, 0.1) is 18.9 Å². The van der Waals surface area contributed by atoms with Crippen LogP contribution in [0.15, 0.2) is 6.20 Å². The maximum atomic E-state index is 9.61. The molecule has 0 radical (unpaired) electrons. The highest BCUT2D eigenvalue weighted by Crippen LogP contribution is 2.26. The normalized spacial score (nSPS) is 35.2. The van der Waals surface area contributed by atoms with E-state index in [1.165, 1.54) is 4.68 Å². The van der Waals surface area contributed by atoms with Crippen molar-refractivity contribution < 1.29 is 20.1 Å². The molecule has 2 rings (SSSR count). The molecule has 1 aromatic rings. The average molecular weight is 341 g/mol. The Hall–Kier alpha value is -0.290. The fourth-order valence-corrected chi connectivity index (χ4v) is 2.03. The van der Waals surface area contributed by atoms with Crippen LogP contribution in [-0.2, 0) is 4.74 Å². The topological polar surface area (TPSA) is 101 Å². The maximum Gasteiger partial charge on any atom is 0.155 e. The molecule has 8 heteroatoms. The molecule has 0 saturated carbocycles. The lowest BCUT2D eigenvalue weighted by Gasteiger charge is -2.35. The summed E-state index contributed by atoms with van der Waals surface area (Å²) in [6.07, 6.45) is -1.41. The third-order valence-corrected chi connectivity index (χ3v) is 3.00. The quantitative estimate of drug-likeness (QED) is 0.590. The number of aliphatic hydroxyl groups is 3. The van der Waals surface area contributed by atoms with E-state index in [-0.39, 0.29) is 13.0 Å². The molecule has 1 aliphatic rings. The fourth-order valence-electron chi connectivity index (χ4n) is 1.65. The smallest absolute Gasteiger partial charge is 0.155 e. The zero-order chi connectivity index (χ0) is 11.7. The van der Waals surface area contributed by atoms with E-state index in [0.717, 1.165) is 0 Å². The molecule has 0 aromatic carbocycles. The monoisotopic (exact) mass is 341 g/mol. The van der Waals surface area contributed by atoms with Gasteiger partial charge >= 0.3 is 0 Å². The van der Waals surface area contributed by atoms with E-state index in [9.17, 15) is 10.2 Å². The van der Waals surface area contributed by atoms with Gasteiger partial charge in [-0.2, -0.15) is 0 Å². The number of halogens is 1. The average Bonchev–Trinajstić information content (AvgIpc) is 2.69. The number of aromatic nitrogens is 3. The van der Waals surface area contributed by atoms with Crippen molar-refractivity contribution in [2.45, 2.75) is 31.0 Å². The number of hydrogen-bond acceptors (Lipinski definition) is 6. The first-order valence-corrected chi connectivity index (χ1v) is 5.89. The summed E-state index contributed by atoms with van der Waals surface area (Å²) in [7, 11) is 0. The van der Waals surface area contributed by atoms with Gasteiger partial charge in [0.2, 0.25) is 0 Å². The second-order valence-electron chi connectivity index (χ2n) is 3.63. The first kappa shape index (κ1) is 12.2. The van der Waals surface area contributed by atoms with Crippen molar-refractivity contribution in [1.82, 2.24) is 15.0 Å². The van der Waals surface area contributed by atoms with Gasteiger partial charge in [-0.3, -0.25) is 0 Å². The second-order valence-corrected chi connectivity index (χ2v) is 4.73. The number of nitrogens with zero attached hydrogens (tertiary/aromatic N) is 3. The van der Waals surface area contributed by atoms with E-state index in [2.05, 4.69) is 10.3 Å². The molecule has 0 amide bonds. The summed E-state index contributed by atoms with van der Waals surface area (Å²) in [5.41, 5.74) is 0. The van der Waals surface area contributed by atoms with Gasteiger partial charge in [-0.25, -0.2) is 4.68 Å². The second kappa shape index (κ2) is 4.92. The predicted molar refractivity (Wildman–Crippen MR) is 60.4 cm³/mol. The zero-order valence-electron chi connectivity index (χ0n) is 8.27. The van der Waals surface area contributed by atoms with Crippen LogP contribution in [0, 0.1) is 3.70 Å². The summed E-state index contributed by atoms with van der Waals surface area (Å²) < 4.78 is 7.60. The van der Waals surface area contributed by atoms with Gasteiger partial charge in [-0.15, -0.1) is 5.10 Å². The summed E-state index contributed by atoms with van der Waals surface area (Å²) in [5, 5.41) is 35.8. The molecule has 90 valence electrons. The van der Waals surface area contributed by atoms with Crippen LogP contribution in [0.4, 0.5) is 0 Å². The largest absolute Gasteiger partial charge is 0.394 e. The standard InChI is InChI=1S/C8H12IN3O4/c9-6-2-12(11-10-6)7-1-4(14)8(15)5(3-13)16-7/h2,4-5,7-8,13-15H,1,3H2. The van der Waals surface area contributed by atoms with Gasteiger partial charge in [0.1, 0.15) is 15.9 Å². The fraction of sp³-hybridized carbons (Fsp3) is 0.750. The van der Waals surface area contributed by atoms with Crippen molar-refractivity contribution in [2.75, 3.05) is 6.61 Å². The predicted octanol–water partition coefficient (Wildman–Crippen LogP) is -1.12. The maximum absolute atomic E-state index is 9.61. The molecule has 0 bridgehead atoms. The zero-order valence-corrected chi connectivity index (χ0v) is 10.4. The molecule has 1 aromatic heterocycles. The van der Waals surface area contributed by atoms with Crippen LogP contribution < -0.4 is 0 Å². The highest BCUT2D eigenvalue weighted by Gasteiger charge is 2.37. The SMILES string of the molecule is OCC1OC(n2cc(I)nn2)CC(O)C1O. The Morgan fingerprint density at radius 2 is 2.31 bits per heavy atom. The molecular weight excluding hydrogens is 329 g/mol. The summed E-state index contributed by atoms with van der Waals surface area (Å²) in [6.45, 7) is -0.347. The van der Waals surface area contributed by atoms with Gasteiger partial charge in [0.25, 0.3) is 0 Å². The van der Waals surface area contributed by atoms with E-state index < -0.39 is 24.5 Å². The molecule has 2 heterocycles. The Kier molecular flexibility index (Phi) is 3.74. The Morgan fingerprint density at radius 1 is 1.56 bits per heavy atom. The number of rotatable bonds is 2. The molecule has 4 atom stereocenters. The molecule has 7 nitrogen and oxygen atoms in total. The van der Waals surface area contributed by atoms with Gasteiger partial charge in [-0.1, -0.05) is 5.21 Å². The Balaban J connectivity index is 2.12. The highest BCUT2D eigenvalue weighted by molar-refractivity contribution is 14.1. The lowest BCUT2D eigenvalue weighted by atomic mass is 10.0. The van der Waals surface area contributed by atoms with Crippen molar-refractivity contribution in [2.24, 2.45) is 0 Å². The van der Waals surface area contributed by atoms with Crippen LogP contribution in [-0.4, -0.2) is 55.2 Å². The Bertz CT molecular complexity index is 361. The van der Waals surface area contributed by atoms with Crippen molar-refractivity contribution in [3.05, 3.63) is 9.90 Å². The highest BCUT2D eigenvalue weighted by atomic mass is 127. The van der Waals surface area contributed by atoms with E-state index in [0.29, 0.717) is 3.70 Å². The summed E-state index contributed by atoms with van der Waals surface area (Å²) in [5.74, 6) is 0. The first-order chi connectivity index (χ1) is 7.61. The molecule has 3 N–H and O–H groups in total. The summed E-state index contributed by atoms with van der Waals surface area (Å²) >= 11 is 2.01. The van der Waals surface area contributed by atoms with Crippen LogP contribution in [0.1, 0.15) is 12.6 Å². The van der Waals surface area contributed by atoms with Gasteiger partial charge in [-0.05, 0) is 22.6 Å². The van der Waals surface area contributed by atoms with E-state index in [1.807, 2.05) is 22.6 Å². The van der Waals surface area contributed by atoms with E-state index in [4.69, 9.17) is 9.84 Å². The van der Waals surface area contributed by atoms with Gasteiger partial charge in [0.15, 0.2) is 6.23 Å². The van der Waals surface area contributed by atoms with Crippen molar-refractivity contribution in [3.63, 3.8) is 0 Å². The van der Waals surface area contributed by atoms with Gasteiger partial charge < -0.3 is 20.1 Å². The lowest BCUT2D eigenvalue weighted by Crippen LogP contribution is -2.48. The van der Waals surface area contributed by atoms with Crippen molar-refractivity contribution >= 4 is 22.6 Å². The third-order valence-electron chi connectivity index (χ3n) is 2.51. The Labute approximate surface area is 105 Å². The lowest BCUT2D eigenvalue weighted by molar-refractivity contribution is -0.204. The summed E-state index contributed by atoms with van der Waals surface area (Å²) in [6, 6.07) is 0. The minimum absolute atomic E-state index is 0.219. The molecule has 1 saturated heterocycles. The minimum atomic E-state index is -1.07. The molecular formula is C8H12IN3O4. The van der Waals surface area contributed by atoms with Crippen LogP contribution in [0.25, 0.3) is 0 Å². The van der Waals surface area contributed by atoms with Crippen LogP contribution in [0.5, 0.6) is 0 Å². The Morgan fingerprint density at radius 3 is 2.88 bits per heavy atom. The van der Waals surface area contributed by atoms with Crippen LogP contribution >= 0.6 is 22.6 Å². The van der Waals surface area contributed by atoms with Crippen molar-refractivity contribution in [1.29, 1.82) is 0 Å². The van der Waals surface area contributed by atoms with E-state index >= 15 is 0 Å². The van der Waals surface area contributed by atoms with E-state index in [1.54, 1.807) is 6.20 Å². The third kappa shape index (κ3) is 2.35. The van der Waals surface area contributed by atoms with Gasteiger partial charge in [0, 0.05) is 6.42 Å².